The van der Waals surface area contributed by atoms with E-state index in [4.69, 9.17) is 9.47 Å². The Labute approximate surface area is 344 Å². The van der Waals surface area contributed by atoms with Crippen molar-refractivity contribution >= 4 is 59.0 Å². The van der Waals surface area contributed by atoms with Crippen molar-refractivity contribution in [2.75, 3.05) is 31.2 Å². The molecule has 1 aliphatic heterocycles. The molecule has 15 heteroatoms. The molecule has 1 heterocycles. The first kappa shape index (κ1) is 51.3. The van der Waals surface area contributed by atoms with E-state index < -0.39 is 53.6 Å². The normalized spacial score (nSPS) is 13.9. The SMILES string of the molecule is CCCCCCCCCCCCCCCC(=O)OC(COC(=O)CCC)CSCC(NC(=O)CCC)C(=O)NC(C)C(=O)CCC(=O)NCCN1C(=O)C=CC1=O. The Bertz CT molecular complexity index is 1280. The Morgan fingerprint density at radius 1 is 0.649 bits per heavy atom. The molecular weight excluding hydrogens is 753 g/mol. The highest BCUT2D eigenvalue weighted by atomic mass is 32.2. The minimum absolute atomic E-state index is 0.00660. The van der Waals surface area contributed by atoms with Crippen molar-refractivity contribution in [3.63, 3.8) is 0 Å². The van der Waals surface area contributed by atoms with Crippen LogP contribution in [0.25, 0.3) is 0 Å². The van der Waals surface area contributed by atoms with Gasteiger partial charge in [0.15, 0.2) is 5.78 Å². The predicted octanol–water partition coefficient (Wildman–Crippen LogP) is 5.64. The van der Waals surface area contributed by atoms with Crippen molar-refractivity contribution in [2.24, 2.45) is 0 Å². The number of nitrogens with one attached hydrogen (secondary N) is 3. The molecule has 0 fully saturated rings. The summed E-state index contributed by atoms with van der Waals surface area (Å²) in [6.07, 6.45) is 18.6. The highest BCUT2D eigenvalue weighted by Gasteiger charge is 2.27. The molecule has 3 unspecified atom stereocenters. The van der Waals surface area contributed by atoms with E-state index in [9.17, 15) is 38.4 Å². The molecule has 0 saturated heterocycles. The van der Waals surface area contributed by atoms with Gasteiger partial charge < -0.3 is 25.4 Å². The summed E-state index contributed by atoms with van der Waals surface area (Å²) < 4.78 is 11.1. The quantitative estimate of drug-likeness (QED) is 0.0407. The summed E-state index contributed by atoms with van der Waals surface area (Å²) in [5.41, 5.74) is 0. The molecule has 3 N–H and O–H groups in total. The number of Topliss-reactive ketones (excluding diaryl/α,β-unsaturated/α-hetero) is 1. The summed E-state index contributed by atoms with van der Waals surface area (Å²) in [6.45, 7) is 7.34. The van der Waals surface area contributed by atoms with Gasteiger partial charge >= 0.3 is 11.9 Å². The standard InChI is InChI=1S/C42H70N4O10S/c1-5-8-9-10-11-12-13-14-15-16-17-18-19-22-41(53)56-33(29-55-40(52)21-7-3)30-57-31-34(45-37(49)20-6-2)42(54)44-32(4)35(47)23-24-36(48)43-27-28-46-38(50)25-26-39(46)51/h25-26,32-34H,5-24,27-31H2,1-4H3,(H,43,48)(H,44,54)(H,45,49). The molecule has 0 aliphatic carbocycles. The zero-order valence-electron chi connectivity index (χ0n) is 35.0. The lowest BCUT2D eigenvalue weighted by Crippen LogP contribution is -2.52. The van der Waals surface area contributed by atoms with Crippen LogP contribution in [-0.4, -0.2) is 102 Å². The number of esters is 2. The van der Waals surface area contributed by atoms with Gasteiger partial charge in [0.1, 0.15) is 18.8 Å². The maximum absolute atomic E-state index is 13.3. The number of nitrogens with zero attached hydrogens (tertiary/aromatic N) is 1. The van der Waals surface area contributed by atoms with Gasteiger partial charge in [-0.3, -0.25) is 43.3 Å². The number of carbonyl (C=O) groups is 8. The van der Waals surface area contributed by atoms with Gasteiger partial charge in [0, 0.05) is 68.9 Å². The van der Waals surface area contributed by atoms with Crippen molar-refractivity contribution in [1.29, 1.82) is 0 Å². The topological polar surface area (TPSA) is 194 Å². The van der Waals surface area contributed by atoms with Crippen molar-refractivity contribution in [3.8, 4) is 0 Å². The van der Waals surface area contributed by atoms with Crippen LogP contribution in [-0.2, 0) is 47.8 Å². The first-order valence-electron chi connectivity index (χ1n) is 21.3. The molecular formula is C42H70N4O10S. The van der Waals surface area contributed by atoms with Crippen LogP contribution < -0.4 is 16.0 Å². The van der Waals surface area contributed by atoms with Gasteiger partial charge in [-0.15, -0.1) is 0 Å². The number of thioether (sulfide) groups is 1. The summed E-state index contributed by atoms with van der Waals surface area (Å²) in [7, 11) is 0. The molecule has 57 heavy (non-hydrogen) atoms. The monoisotopic (exact) mass is 822 g/mol. The van der Waals surface area contributed by atoms with E-state index in [0.717, 1.165) is 36.3 Å². The zero-order chi connectivity index (χ0) is 42.3. The lowest BCUT2D eigenvalue weighted by atomic mass is 10.0. The first-order valence-corrected chi connectivity index (χ1v) is 22.4. The van der Waals surface area contributed by atoms with Gasteiger partial charge in [0.05, 0.1) is 6.04 Å². The fourth-order valence-electron chi connectivity index (χ4n) is 6.00. The fourth-order valence-corrected chi connectivity index (χ4v) is 7.03. The molecule has 14 nitrogen and oxygen atoms in total. The molecule has 0 bridgehead atoms. The maximum atomic E-state index is 13.3. The van der Waals surface area contributed by atoms with E-state index in [2.05, 4.69) is 22.9 Å². The van der Waals surface area contributed by atoms with Gasteiger partial charge in [0.25, 0.3) is 11.8 Å². The van der Waals surface area contributed by atoms with Gasteiger partial charge in [-0.25, -0.2) is 0 Å². The van der Waals surface area contributed by atoms with E-state index in [-0.39, 0.29) is 75.2 Å². The molecule has 0 saturated carbocycles. The number of amides is 5. The van der Waals surface area contributed by atoms with Crippen LogP contribution in [0.3, 0.4) is 0 Å². The Hall–Kier alpha value is -3.75. The lowest BCUT2D eigenvalue weighted by Gasteiger charge is -2.22. The van der Waals surface area contributed by atoms with Crippen LogP contribution in [0.1, 0.15) is 156 Å². The molecule has 1 rings (SSSR count). The molecule has 0 aromatic heterocycles. The summed E-state index contributed by atoms with van der Waals surface area (Å²) in [6, 6.07) is -1.97. The third-order valence-electron chi connectivity index (χ3n) is 9.38. The molecule has 324 valence electrons. The first-order chi connectivity index (χ1) is 27.4. The summed E-state index contributed by atoms with van der Waals surface area (Å²) >= 11 is 1.25. The second kappa shape index (κ2) is 32.2. The predicted molar refractivity (Wildman–Crippen MR) is 221 cm³/mol. The smallest absolute Gasteiger partial charge is 0.306 e. The van der Waals surface area contributed by atoms with E-state index in [1.807, 2.05) is 13.8 Å². The van der Waals surface area contributed by atoms with Crippen LogP contribution in [0.5, 0.6) is 0 Å². The maximum Gasteiger partial charge on any atom is 0.306 e. The zero-order valence-corrected chi connectivity index (χ0v) is 35.8. The number of rotatable bonds is 35. The van der Waals surface area contributed by atoms with Gasteiger partial charge in [-0.1, -0.05) is 97.8 Å². The van der Waals surface area contributed by atoms with Crippen LogP contribution in [0.15, 0.2) is 12.2 Å². The number of imide groups is 1. The number of ketones is 1. The Morgan fingerprint density at radius 2 is 1.23 bits per heavy atom. The van der Waals surface area contributed by atoms with E-state index in [0.29, 0.717) is 19.3 Å². The summed E-state index contributed by atoms with van der Waals surface area (Å²) in [5.74, 6) is -3.16. The van der Waals surface area contributed by atoms with Crippen LogP contribution in [0, 0.1) is 0 Å². The summed E-state index contributed by atoms with van der Waals surface area (Å²) in [5, 5.41) is 7.92. The molecule has 1 aliphatic rings. The molecule has 0 radical (unpaired) electrons. The second-order valence-electron chi connectivity index (χ2n) is 14.7. The highest BCUT2D eigenvalue weighted by Crippen LogP contribution is 2.15. The Kier molecular flexibility index (Phi) is 29.0. The van der Waals surface area contributed by atoms with Crippen LogP contribution in [0.4, 0.5) is 0 Å². The van der Waals surface area contributed by atoms with Crippen molar-refractivity contribution < 1.29 is 47.8 Å². The van der Waals surface area contributed by atoms with E-state index in [1.165, 1.54) is 76.5 Å². The third kappa shape index (κ3) is 25.3. The minimum atomic E-state index is -1.01. The average molecular weight is 823 g/mol. The van der Waals surface area contributed by atoms with Gasteiger partial charge in [-0.2, -0.15) is 11.8 Å². The van der Waals surface area contributed by atoms with Crippen LogP contribution in [0.2, 0.25) is 0 Å². The van der Waals surface area contributed by atoms with Crippen molar-refractivity contribution in [2.45, 2.75) is 174 Å². The minimum Gasteiger partial charge on any atom is -0.462 e. The number of carbonyl (C=O) groups excluding carboxylic acids is 8. The molecule has 5 amide bonds. The van der Waals surface area contributed by atoms with E-state index >= 15 is 0 Å². The van der Waals surface area contributed by atoms with Gasteiger partial charge in [0.2, 0.25) is 17.7 Å². The van der Waals surface area contributed by atoms with Crippen molar-refractivity contribution in [3.05, 3.63) is 12.2 Å². The van der Waals surface area contributed by atoms with Crippen molar-refractivity contribution in [1.82, 2.24) is 20.9 Å². The number of ether oxygens (including phenoxy) is 2. The number of unbranched alkanes of at least 4 members (excludes halogenated alkanes) is 12. The van der Waals surface area contributed by atoms with Gasteiger partial charge in [-0.05, 0) is 26.2 Å². The molecule has 0 aromatic carbocycles. The third-order valence-corrected chi connectivity index (χ3v) is 10.6. The molecule has 3 atom stereocenters. The largest absolute Gasteiger partial charge is 0.462 e. The fraction of sp³-hybridized carbons (Fsp3) is 0.762. The Morgan fingerprint density at radius 3 is 1.81 bits per heavy atom. The average Bonchev–Trinajstić information content (AvgIpc) is 3.49. The number of hydrogen-bond donors (Lipinski definition) is 3. The summed E-state index contributed by atoms with van der Waals surface area (Å²) in [4.78, 5) is 100. The number of hydrogen-bond acceptors (Lipinski definition) is 11. The van der Waals surface area contributed by atoms with Crippen LogP contribution >= 0.6 is 11.8 Å². The highest BCUT2D eigenvalue weighted by molar-refractivity contribution is 7.99. The molecule has 0 aromatic rings. The van der Waals surface area contributed by atoms with E-state index in [1.54, 1.807) is 0 Å². The Balaban J connectivity index is 2.58. The second-order valence-corrected chi connectivity index (χ2v) is 15.7. The molecule has 0 spiro atoms. The lowest BCUT2D eigenvalue weighted by molar-refractivity contribution is -0.157.